The summed E-state index contributed by atoms with van der Waals surface area (Å²) in [5.74, 6) is 0.642. The van der Waals surface area contributed by atoms with Gasteiger partial charge in [-0.3, -0.25) is 14.2 Å². The number of carbonyl (C=O) groups is 1. The van der Waals surface area contributed by atoms with Gasteiger partial charge in [0.2, 0.25) is 5.91 Å². The molecule has 0 spiro atoms. The summed E-state index contributed by atoms with van der Waals surface area (Å²) in [7, 11) is 5.49. The maximum absolute atomic E-state index is 13.8. The summed E-state index contributed by atoms with van der Waals surface area (Å²) >= 11 is 0. The van der Waals surface area contributed by atoms with Crippen LogP contribution in [-0.2, 0) is 4.79 Å². The van der Waals surface area contributed by atoms with Crippen LogP contribution in [0.4, 0.5) is 4.39 Å². The molecule has 39 heavy (non-hydrogen) atoms. The monoisotopic (exact) mass is 538 g/mol. The molecular formula is C31H43FN4O3. The van der Waals surface area contributed by atoms with E-state index in [2.05, 4.69) is 6.92 Å². The smallest absolute Gasteiger partial charge is 0.266 e. The van der Waals surface area contributed by atoms with Crippen LogP contribution < -0.4 is 10.3 Å². The third-order valence-corrected chi connectivity index (χ3v) is 7.13. The van der Waals surface area contributed by atoms with E-state index in [1.54, 1.807) is 37.4 Å². The van der Waals surface area contributed by atoms with Gasteiger partial charge < -0.3 is 14.5 Å². The molecule has 0 aliphatic carbocycles. The Morgan fingerprint density at radius 2 is 1.67 bits per heavy atom. The molecule has 0 radical (unpaired) electrons. The maximum atomic E-state index is 13.8. The number of benzene rings is 2. The zero-order valence-electron chi connectivity index (χ0n) is 24.1. The molecule has 1 unspecified atom stereocenters. The van der Waals surface area contributed by atoms with Gasteiger partial charge in [0, 0.05) is 19.5 Å². The molecule has 1 amide bonds. The number of fused-ring (bicyclic) bond motifs is 1. The van der Waals surface area contributed by atoms with Crippen molar-refractivity contribution in [2.24, 2.45) is 0 Å². The molecule has 3 aromatic rings. The number of halogens is 1. The molecule has 0 aliphatic heterocycles. The van der Waals surface area contributed by atoms with Crippen LogP contribution in [0.1, 0.15) is 77.1 Å². The number of unbranched alkanes of at least 4 members (excludes halogenated alkanes) is 6. The zero-order valence-corrected chi connectivity index (χ0v) is 24.1. The van der Waals surface area contributed by atoms with Gasteiger partial charge in [0.05, 0.1) is 29.7 Å². The van der Waals surface area contributed by atoms with Crippen molar-refractivity contribution in [3.8, 4) is 11.4 Å². The molecule has 3 rings (SSSR count). The summed E-state index contributed by atoms with van der Waals surface area (Å²) in [6.07, 6.45) is 8.40. The summed E-state index contributed by atoms with van der Waals surface area (Å²) in [6.45, 7) is 5.30. The minimum absolute atomic E-state index is 0.0487. The highest BCUT2D eigenvalue weighted by Gasteiger charge is 2.27. The molecule has 1 atom stereocenters. The van der Waals surface area contributed by atoms with E-state index in [0.717, 1.165) is 19.3 Å². The van der Waals surface area contributed by atoms with Gasteiger partial charge in [-0.15, -0.1) is 0 Å². The van der Waals surface area contributed by atoms with Crippen molar-refractivity contribution in [3.05, 3.63) is 64.5 Å². The average molecular weight is 539 g/mol. The van der Waals surface area contributed by atoms with Gasteiger partial charge in [-0.05, 0) is 69.9 Å². The Morgan fingerprint density at radius 1 is 1.00 bits per heavy atom. The third-order valence-electron chi connectivity index (χ3n) is 7.13. The number of carbonyl (C=O) groups excluding carboxylic acids is 1. The van der Waals surface area contributed by atoms with E-state index < -0.39 is 11.9 Å². The van der Waals surface area contributed by atoms with Crippen LogP contribution in [0.5, 0.6) is 5.75 Å². The van der Waals surface area contributed by atoms with Gasteiger partial charge in [-0.2, -0.15) is 0 Å². The summed E-state index contributed by atoms with van der Waals surface area (Å²) < 4.78 is 20.6. The molecule has 8 heteroatoms. The van der Waals surface area contributed by atoms with Crippen molar-refractivity contribution >= 4 is 16.8 Å². The molecule has 0 saturated heterocycles. The van der Waals surface area contributed by atoms with E-state index >= 15 is 0 Å². The molecular weight excluding hydrogens is 495 g/mol. The molecule has 0 aliphatic rings. The Labute approximate surface area is 231 Å². The fourth-order valence-electron chi connectivity index (χ4n) is 4.79. The number of methoxy groups -OCH3 is 1. The van der Waals surface area contributed by atoms with E-state index in [9.17, 15) is 14.0 Å². The lowest BCUT2D eigenvalue weighted by molar-refractivity contribution is -0.133. The Balaban J connectivity index is 1.98. The highest BCUT2D eigenvalue weighted by atomic mass is 19.1. The standard InChI is InChI=1S/C31H43FN4O3/c1-6-7-8-9-10-11-12-13-29(37)35(21-20-34(3)4)23(2)30-33-28-19-18-26(39-5)22-27(28)31(38)36(30)25-16-14-24(32)15-17-25/h14-19,22-23H,6-13,20-21H2,1-5H3. The van der Waals surface area contributed by atoms with Crippen molar-refractivity contribution in [1.82, 2.24) is 19.4 Å². The predicted octanol–water partition coefficient (Wildman–Crippen LogP) is 6.13. The van der Waals surface area contributed by atoms with Crippen molar-refractivity contribution in [2.75, 3.05) is 34.3 Å². The van der Waals surface area contributed by atoms with Gasteiger partial charge >= 0.3 is 0 Å². The lowest BCUT2D eigenvalue weighted by Gasteiger charge is -2.31. The van der Waals surface area contributed by atoms with Crippen LogP contribution in [0.2, 0.25) is 0 Å². The molecule has 0 N–H and O–H groups in total. The normalized spacial score (nSPS) is 12.2. The van der Waals surface area contributed by atoms with Crippen LogP contribution in [0, 0.1) is 5.82 Å². The maximum Gasteiger partial charge on any atom is 0.266 e. The topological polar surface area (TPSA) is 67.7 Å². The van der Waals surface area contributed by atoms with E-state index in [1.165, 1.54) is 42.4 Å². The lowest BCUT2D eigenvalue weighted by atomic mass is 10.1. The number of hydrogen-bond donors (Lipinski definition) is 0. The average Bonchev–Trinajstić information content (AvgIpc) is 2.92. The Kier molecular flexibility index (Phi) is 11.5. The molecule has 1 aromatic heterocycles. The van der Waals surface area contributed by atoms with Crippen LogP contribution >= 0.6 is 0 Å². The summed E-state index contributed by atoms with van der Waals surface area (Å²) in [6, 6.07) is 10.5. The first-order chi connectivity index (χ1) is 18.8. The van der Waals surface area contributed by atoms with Gasteiger partial charge in [0.1, 0.15) is 17.4 Å². The summed E-state index contributed by atoms with van der Waals surface area (Å²) in [4.78, 5) is 36.2. The second-order valence-corrected chi connectivity index (χ2v) is 10.4. The van der Waals surface area contributed by atoms with E-state index in [4.69, 9.17) is 9.72 Å². The van der Waals surface area contributed by atoms with Gasteiger partial charge in [0.25, 0.3) is 5.56 Å². The summed E-state index contributed by atoms with van der Waals surface area (Å²) in [5, 5.41) is 0.392. The second-order valence-electron chi connectivity index (χ2n) is 10.4. The minimum Gasteiger partial charge on any atom is -0.497 e. The van der Waals surface area contributed by atoms with Crippen LogP contribution in [-0.4, -0.2) is 59.6 Å². The number of likely N-dealkylation sites (N-methyl/N-ethyl adjacent to an activating group) is 1. The van der Waals surface area contributed by atoms with Crippen molar-refractivity contribution in [3.63, 3.8) is 0 Å². The van der Waals surface area contributed by atoms with Crippen LogP contribution in [0.15, 0.2) is 47.3 Å². The number of nitrogens with zero attached hydrogens (tertiary/aromatic N) is 4. The number of amides is 1. The zero-order chi connectivity index (χ0) is 28.4. The molecule has 0 bridgehead atoms. The quantitative estimate of drug-likeness (QED) is 0.218. The Hall–Kier alpha value is -3.26. The van der Waals surface area contributed by atoms with Gasteiger partial charge in [0.15, 0.2) is 0 Å². The lowest BCUT2D eigenvalue weighted by Crippen LogP contribution is -2.40. The van der Waals surface area contributed by atoms with Crippen molar-refractivity contribution in [2.45, 2.75) is 71.3 Å². The first-order valence-corrected chi connectivity index (χ1v) is 14.1. The SMILES string of the molecule is CCCCCCCCCC(=O)N(CCN(C)C)C(C)c1nc2ccc(OC)cc2c(=O)n1-c1ccc(F)cc1. The largest absolute Gasteiger partial charge is 0.497 e. The molecule has 0 fully saturated rings. The molecule has 2 aromatic carbocycles. The van der Waals surface area contributed by atoms with Gasteiger partial charge in [-0.25, -0.2) is 9.37 Å². The summed E-state index contributed by atoms with van der Waals surface area (Å²) in [5.41, 5.74) is 0.722. The fraction of sp³-hybridized carbons (Fsp3) is 0.516. The van der Waals surface area contributed by atoms with Crippen molar-refractivity contribution < 1.29 is 13.9 Å². The number of hydrogen-bond acceptors (Lipinski definition) is 5. The Bertz CT molecular complexity index is 1270. The Morgan fingerprint density at radius 3 is 2.31 bits per heavy atom. The minimum atomic E-state index is -0.480. The predicted molar refractivity (Wildman–Crippen MR) is 155 cm³/mol. The van der Waals surface area contributed by atoms with E-state index in [-0.39, 0.29) is 11.5 Å². The van der Waals surface area contributed by atoms with Crippen LogP contribution in [0.25, 0.3) is 16.6 Å². The molecule has 7 nitrogen and oxygen atoms in total. The molecule has 1 heterocycles. The first kappa shape index (κ1) is 30.3. The first-order valence-electron chi connectivity index (χ1n) is 14.1. The van der Waals surface area contributed by atoms with E-state index in [0.29, 0.717) is 47.7 Å². The van der Waals surface area contributed by atoms with Crippen molar-refractivity contribution in [1.29, 1.82) is 0 Å². The number of ether oxygens (including phenoxy) is 1. The number of rotatable bonds is 15. The molecule has 0 saturated carbocycles. The van der Waals surface area contributed by atoms with Crippen LogP contribution in [0.3, 0.4) is 0 Å². The third kappa shape index (κ3) is 8.12. The molecule has 212 valence electrons. The second kappa shape index (κ2) is 14.8. The highest BCUT2D eigenvalue weighted by molar-refractivity contribution is 5.80. The highest BCUT2D eigenvalue weighted by Crippen LogP contribution is 2.26. The fourth-order valence-corrected chi connectivity index (χ4v) is 4.79. The van der Waals surface area contributed by atoms with Gasteiger partial charge in [-0.1, -0.05) is 45.4 Å². The number of aromatic nitrogens is 2. The van der Waals surface area contributed by atoms with E-state index in [1.807, 2.05) is 30.8 Å².